The van der Waals surface area contributed by atoms with Gasteiger partial charge in [-0.05, 0) is 30.3 Å². The SMILES string of the molecule is COc1ccccc1-c1cc(-c2ccccc2)[o+]c(-c2ccccc2)c1.[O-][Cl+3]([O-])([O-])[O-]. The zero-order valence-corrected chi connectivity index (χ0v) is 17.3. The van der Waals surface area contributed by atoms with Crippen molar-refractivity contribution in [2.24, 2.45) is 0 Å². The Morgan fingerprint density at radius 2 is 1.03 bits per heavy atom. The van der Waals surface area contributed by atoms with Crippen LogP contribution in [0.3, 0.4) is 0 Å². The Kier molecular flexibility index (Phi) is 7.36. The lowest BCUT2D eigenvalue weighted by molar-refractivity contribution is -2.00. The number of ether oxygens (including phenoxy) is 1. The number of rotatable bonds is 4. The third-order valence-corrected chi connectivity index (χ3v) is 4.33. The van der Waals surface area contributed by atoms with Crippen LogP contribution in [0.5, 0.6) is 5.75 Å². The van der Waals surface area contributed by atoms with Gasteiger partial charge in [0.15, 0.2) is 0 Å². The monoisotopic (exact) mass is 438 g/mol. The Balaban J connectivity index is 0.000000491. The molecule has 4 aromatic rings. The Hall–Kier alpha value is -3.26. The fourth-order valence-corrected chi connectivity index (χ4v) is 3.03. The van der Waals surface area contributed by atoms with Gasteiger partial charge in [-0.2, -0.15) is 0 Å². The summed E-state index contributed by atoms with van der Waals surface area (Å²) in [5.41, 5.74) is 4.19. The fraction of sp³-hybridized carbons (Fsp3) is 0.0417. The van der Waals surface area contributed by atoms with Gasteiger partial charge >= 0.3 is 11.5 Å². The van der Waals surface area contributed by atoms with Crippen molar-refractivity contribution in [1.29, 1.82) is 0 Å². The number of methoxy groups -OCH3 is 1. The first-order valence-corrected chi connectivity index (χ1v) is 10.4. The smallest absolute Gasteiger partial charge is 0.361 e. The summed E-state index contributed by atoms with van der Waals surface area (Å²) in [6.45, 7) is 0. The molecule has 0 radical (unpaired) electrons. The predicted octanol–water partition coefficient (Wildman–Crippen LogP) is 1.81. The van der Waals surface area contributed by atoms with E-state index in [-0.39, 0.29) is 0 Å². The summed E-state index contributed by atoms with van der Waals surface area (Å²) in [6, 6.07) is 32.5. The van der Waals surface area contributed by atoms with Gasteiger partial charge in [-0.15, -0.1) is 10.2 Å². The summed E-state index contributed by atoms with van der Waals surface area (Å²) >= 11 is 0. The van der Waals surface area contributed by atoms with Crippen LogP contribution in [0.1, 0.15) is 0 Å². The van der Waals surface area contributed by atoms with Crippen LogP contribution < -0.4 is 23.4 Å². The summed E-state index contributed by atoms with van der Waals surface area (Å²) in [6.07, 6.45) is 0. The second-order valence-corrected chi connectivity index (χ2v) is 7.14. The molecule has 0 bridgehead atoms. The van der Waals surface area contributed by atoms with Crippen molar-refractivity contribution in [2.45, 2.75) is 0 Å². The van der Waals surface area contributed by atoms with Crippen LogP contribution >= 0.6 is 0 Å². The van der Waals surface area contributed by atoms with Crippen LogP contribution in [0, 0.1) is 10.2 Å². The number of para-hydroxylation sites is 1. The molecule has 4 rings (SSSR count). The largest absolute Gasteiger partial charge is 0.496 e. The topological polar surface area (TPSA) is 113 Å². The predicted molar refractivity (Wildman–Crippen MR) is 106 cm³/mol. The Morgan fingerprint density at radius 3 is 1.48 bits per heavy atom. The minimum absolute atomic E-state index is 0.827. The molecule has 0 unspecified atom stereocenters. The van der Waals surface area contributed by atoms with Gasteiger partial charge in [0.05, 0.1) is 30.4 Å². The summed E-state index contributed by atoms with van der Waals surface area (Å²) in [5, 5.41) is 0. The van der Waals surface area contributed by atoms with E-state index in [4.69, 9.17) is 27.8 Å². The molecule has 0 fully saturated rings. The molecule has 0 saturated heterocycles. The molecular weight excluding hydrogens is 420 g/mol. The van der Waals surface area contributed by atoms with Crippen LogP contribution in [0.25, 0.3) is 33.8 Å². The molecule has 31 heavy (non-hydrogen) atoms. The highest BCUT2D eigenvalue weighted by molar-refractivity contribution is 5.77. The molecule has 0 aliphatic heterocycles. The van der Waals surface area contributed by atoms with E-state index in [9.17, 15) is 0 Å². The number of hydrogen-bond donors (Lipinski definition) is 0. The molecule has 0 aliphatic rings. The van der Waals surface area contributed by atoms with E-state index in [1.165, 1.54) is 0 Å². The lowest BCUT2D eigenvalue weighted by Crippen LogP contribution is -2.68. The lowest BCUT2D eigenvalue weighted by atomic mass is 10.0. The highest BCUT2D eigenvalue weighted by Gasteiger charge is 2.21. The average molecular weight is 439 g/mol. The van der Waals surface area contributed by atoms with Crippen molar-refractivity contribution in [3.63, 3.8) is 0 Å². The maximum atomic E-state index is 8.49. The van der Waals surface area contributed by atoms with E-state index in [2.05, 4.69) is 42.5 Å². The fourth-order valence-electron chi connectivity index (χ4n) is 3.03. The lowest BCUT2D eigenvalue weighted by Gasteiger charge is -2.17. The van der Waals surface area contributed by atoms with Crippen LogP contribution in [0.4, 0.5) is 0 Å². The molecule has 0 atom stereocenters. The first-order chi connectivity index (χ1) is 14.8. The third-order valence-electron chi connectivity index (χ3n) is 4.33. The third kappa shape index (κ3) is 6.62. The molecule has 158 valence electrons. The highest BCUT2D eigenvalue weighted by Crippen LogP contribution is 2.36. The number of hydrogen-bond acceptors (Lipinski definition) is 5. The van der Waals surface area contributed by atoms with Crippen LogP contribution in [0.2, 0.25) is 0 Å². The molecule has 0 aliphatic carbocycles. The minimum Gasteiger partial charge on any atom is -0.496 e. The van der Waals surface area contributed by atoms with Gasteiger partial charge in [-0.1, -0.05) is 54.6 Å². The van der Waals surface area contributed by atoms with E-state index >= 15 is 0 Å². The van der Waals surface area contributed by atoms with Crippen molar-refractivity contribution in [3.05, 3.63) is 97.1 Å². The average Bonchev–Trinajstić information content (AvgIpc) is 2.79. The minimum atomic E-state index is -4.94. The summed E-state index contributed by atoms with van der Waals surface area (Å²) in [4.78, 5) is 0. The molecule has 0 amide bonds. The van der Waals surface area contributed by atoms with Gasteiger partial charge in [-0.25, -0.2) is 23.1 Å². The van der Waals surface area contributed by atoms with Crippen molar-refractivity contribution >= 4 is 0 Å². The molecule has 3 aromatic carbocycles. The first-order valence-electron chi connectivity index (χ1n) is 9.19. The molecule has 7 heteroatoms. The van der Waals surface area contributed by atoms with Gasteiger partial charge in [0, 0.05) is 11.1 Å². The van der Waals surface area contributed by atoms with Crippen molar-refractivity contribution in [1.82, 2.24) is 0 Å². The summed E-state index contributed by atoms with van der Waals surface area (Å²) in [7, 11) is -3.25. The second kappa shape index (κ2) is 10.2. The Bertz CT molecular complexity index is 1050. The Labute approximate surface area is 182 Å². The van der Waals surface area contributed by atoms with Gasteiger partial charge < -0.3 is 4.74 Å². The first kappa shape index (κ1) is 22.4. The van der Waals surface area contributed by atoms with Gasteiger partial charge in [0.1, 0.15) is 5.75 Å². The standard InChI is InChI=1S/C24H19O2.ClHO4/c1-25-22-15-9-8-14-21(22)20-16-23(18-10-4-2-5-11-18)26-24(17-20)19-12-6-3-7-13-19;2-1(3,4)5/h2-17H,1H3;(H,2,3,4,5)/q+1;/p-1. The zero-order chi connectivity index (χ0) is 22.3. The van der Waals surface area contributed by atoms with Crippen molar-refractivity contribution < 1.29 is 38.0 Å². The molecule has 0 saturated carbocycles. The quantitative estimate of drug-likeness (QED) is 0.449. The normalized spacial score (nSPS) is 10.7. The van der Waals surface area contributed by atoms with E-state index in [1.54, 1.807) is 7.11 Å². The van der Waals surface area contributed by atoms with Gasteiger partial charge in [0.2, 0.25) is 0 Å². The van der Waals surface area contributed by atoms with Gasteiger partial charge in [-0.3, -0.25) is 0 Å². The van der Waals surface area contributed by atoms with E-state index in [1.807, 2.05) is 54.6 Å². The molecule has 0 spiro atoms. The van der Waals surface area contributed by atoms with Crippen LogP contribution in [-0.2, 0) is 0 Å². The Morgan fingerprint density at radius 1 is 0.613 bits per heavy atom. The highest BCUT2D eigenvalue weighted by atomic mass is 35.7. The molecule has 6 nitrogen and oxygen atoms in total. The maximum Gasteiger partial charge on any atom is 0.361 e. The molecule has 1 aromatic heterocycles. The van der Waals surface area contributed by atoms with E-state index < -0.39 is 10.2 Å². The van der Waals surface area contributed by atoms with Crippen LogP contribution in [0.15, 0.2) is 101 Å². The zero-order valence-electron chi connectivity index (χ0n) is 16.6. The second-order valence-electron chi connectivity index (χ2n) is 6.38. The van der Waals surface area contributed by atoms with Crippen LogP contribution in [-0.4, -0.2) is 7.11 Å². The summed E-state index contributed by atoms with van der Waals surface area (Å²) < 4.78 is 45.8. The van der Waals surface area contributed by atoms with Crippen molar-refractivity contribution in [3.8, 4) is 39.5 Å². The molecular formula is C24H19ClO6. The molecule has 1 heterocycles. The number of halogens is 1. The van der Waals surface area contributed by atoms with E-state index in [0.717, 1.165) is 39.5 Å². The maximum absolute atomic E-state index is 8.49. The molecule has 0 N–H and O–H groups in total. The summed E-state index contributed by atoms with van der Waals surface area (Å²) in [5.74, 6) is 2.50. The number of benzene rings is 3. The van der Waals surface area contributed by atoms with Gasteiger partial charge in [0.25, 0.3) is 0 Å². The van der Waals surface area contributed by atoms with Crippen molar-refractivity contribution in [2.75, 3.05) is 7.11 Å². The van der Waals surface area contributed by atoms with E-state index in [0.29, 0.717) is 0 Å².